The SMILES string of the molecule is CCCCCC(=O)N(CC(=O)Nc1cc(C(C)(C)C)nn1-c1ccccc1C)Cc1ccccc1. The summed E-state index contributed by atoms with van der Waals surface area (Å²) in [5.74, 6) is 0.368. The molecule has 0 unspecified atom stereocenters. The van der Waals surface area contributed by atoms with E-state index in [2.05, 4.69) is 33.0 Å². The smallest absolute Gasteiger partial charge is 0.245 e. The van der Waals surface area contributed by atoms with Crippen molar-refractivity contribution in [3.05, 3.63) is 77.5 Å². The predicted molar refractivity (Wildman–Crippen MR) is 142 cm³/mol. The zero-order chi connectivity index (χ0) is 25.4. The Labute approximate surface area is 209 Å². The van der Waals surface area contributed by atoms with Gasteiger partial charge in [0, 0.05) is 24.4 Å². The Kier molecular flexibility index (Phi) is 8.85. The topological polar surface area (TPSA) is 67.2 Å². The summed E-state index contributed by atoms with van der Waals surface area (Å²) in [4.78, 5) is 27.9. The quantitative estimate of drug-likeness (QED) is 0.365. The molecule has 35 heavy (non-hydrogen) atoms. The number of nitrogens with zero attached hydrogens (tertiary/aromatic N) is 3. The number of carbonyl (C=O) groups excluding carboxylic acids is 2. The molecule has 0 spiro atoms. The lowest BCUT2D eigenvalue weighted by Crippen LogP contribution is -2.37. The molecule has 0 aliphatic heterocycles. The molecule has 0 aliphatic rings. The average Bonchev–Trinajstić information content (AvgIpc) is 3.23. The lowest BCUT2D eigenvalue weighted by Gasteiger charge is -2.22. The number of hydrogen-bond donors (Lipinski definition) is 1. The molecule has 1 aromatic heterocycles. The molecule has 0 saturated carbocycles. The van der Waals surface area contributed by atoms with E-state index < -0.39 is 0 Å². The van der Waals surface area contributed by atoms with E-state index in [1.807, 2.05) is 67.6 Å². The van der Waals surface area contributed by atoms with E-state index in [1.165, 1.54) is 0 Å². The van der Waals surface area contributed by atoms with Crippen molar-refractivity contribution in [3.8, 4) is 5.69 Å². The molecular formula is C29H38N4O2. The number of rotatable bonds is 10. The number of aryl methyl sites for hydroxylation is 1. The molecule has 0 atom stereocenters. The van der Waals surface area contributed by atoms with E-state index in [4.69, 9.17) is 5.10 Å². The maximum atomic E-state index is 13.2. The minimum atomic E-state index is -0.236. The minimum Gasteiger partial charge on any atom is -0.329 e. The summed E-state index contributed by atoms with van der Waals surface area (Å²) in [6, 6.07) is 19.7. The van der Waals surface area contributed by atoms with Crippen LogP contribution in [0.1, 0.15) is 70.2 Å². The van der Waals surface area contributed by atoms with Gasteiger partial charge >= 0.3 is 0 Å². The first-order chi connectivity index (χ1) is 16.7. The highest BCUT2D eigenvalue weighted by atomic mass is 16.2. The lowest BCUT2D eigenvalue weighted by atomic mass is 9.92. The van der Waals surface area contributed by atoms with E-state index in [1.54, 1.807) is 9.58 Å². The molecule has 3 rings (SSSR count). The summed E-state index contributed by atoms with van der Waals surface area (Å²) < 4.78 is 1.79. The highest BCUT2D eigenvalue weighted by molar-refractivity contribution is 5.94. The van der Waals surface area contributed by atoms with Crippen LogP contribution in [0.25, 0.3) is 5.69 Å². The number of benzene rings is 2. The maximum absolute atomic E-state index is 13.2. The van der Waals surface area contributed by atoms with Crippen LogP contribution in [-0.4, -0.2) is 33.0 Å². The molecule has 0 aliphatic carbocycles. The van der Waals surface area contributed by atoms with Gasteiger partial charge < -0.3 is 10.2 Å². The lowest BCUT2D eigenvalue weighted by molar-refractivity contribution is -0.135. The first kappa shape index (κ1) is 26.2. The molecule has 6 heteroatoms. The fourth-order valence-corrected chi connectivity index (χ4v) is 3.90. The number of para-hydroxylation sites is 1. The van der Waals surface area contributed by atoms with Crippen LogP contribution < -0.4 is 5.32 Å². The number of carbonyl (C=O) groups is 2. The second-order valence-electron chi connectivity index (χ2n) is 10.1. The van der Waals surface area contributed by atoms with Crippen LogP contribution in [-0.2, 0) is 21.5 Å². The number of anilines is 1. The molecule has 2 amide bonds. The van der Waals surface area contributed by atoms with E-state index >= 15 is 0 Å². The summed E-state index contributed by atoms with van der Waals surface area (Å²) in [5.41, 5.74) is 3.68. The van der Waals surface area contributed by atoms with Crippen LogP contribution >= 0.6 is 0 Å². The molecule has 0 fully saturated rings. The molecule has 0 radical (unpaired) electrons. The van der Waals surface area contributed by atoms with Crippen molar-refractivity contribution < 1.29 is 9.59 Å². The van der Waals surface area contributed by atoms with Gasteiger partial charge in [-0.05, 0) is 30.5 Å². The second-order valence-corrected chi connectivity index (χ2v) is 10.1. The summed E-state index contributed by atoms with van der Waals surface area (Å²) >= 11 is 0. The molecular weight excluding hydrogens is 436 g/mol. The fourth-order valence-electron chi connectivity index (χ4n) is 3.90. The number of unbranched alkanes of at least 4 members (excludes halogenated alkanes) is 2. The molecule has 0 bridgehead atoms. The minimum absolute atomic E-state index is 0.000227. The van der Waals surface area contributed by atoms with E-state index in [9.17, 15) is 9.59 Å². The summed E-state index contributed by atoms with van der Waals surface area (Å²) in [6.07, 6.45) is 3.33. The number of amides is 2. The average molecular weight is 475 g/mol. The molecule has 186 valence electrons. The van der Waals surface area contributed by atoms with Crippen molar-refractivity contribution in [2.45, 2.75) is 72.3 Å². The van der Waals surface area contributed by atoms with Gasteiger partial charge in [0.15, 0.2) is 0 Å². The van der Waals surface area contributed by atoms with Gasteiger partial charge in [0.1, 0.15) is 12.4 Å². The van der Waals surface area contributed by atoms with Gasteiger partial charge in [0.05, 0.1) is 11.4 Å². The summed E-state index contributed by atoms with van der Waals surface area (Å²) in [7, 11) is 0. The van der Waals surface area contributed by atoms with Gasteiger partial charge in [-0.15, -0.1) is 0 Å². The standard InChI is InChI=1S/C29H38N4O2/c1-6-7-9-18-28(35)32(20-23-15-10-8-11-16-23)21-27(34)30-26-19-25(29(3,4)5)31-33(26)24-17-13-12-14-22(24)2/h8,10-17,19H,6-7,9,18,20-21H2,1-5H3,(H,30,34). The largest absolute Gasteiger partial charge is 0.329 e. The van der Waals surface area contributed by atoms with Crippen molar-refractivity contribution in [2.24, 2.45) is 0 Å². The van der Waals surface area contributed by atoms with E-state index in [0.29, 0.717) is 18.8 Å². The zero-order valence-electron chi connectivity index (χ0n) is 21.7. The Morgan fingerprint density at radius 1 is 1.00 bits per heavy atom. The Morgan fingerprint density at radius 2 is 1.69 bits per heavy atom. The third-order valence-corrected chi connectivity index (χ3v) is 5.99. The Hall–Kier alpha value is -3.41. The van der Waals surface area contributed by atoms with Gasteiger partial charge in [-0.3, -0.25) is 9.59 Å². The molecule has 0 saturated heterocycles. The first-order valence-electron chi connectivity index (χ1n) is 12.5. The van der Waals surface area contributed by atoms with Crippen LogP contribution in [0.4, 0.5) is 5.82 Å². The second kappa shape index (κ2) is 11.8. The Bertz CT molecular complexity index is 1130. The highest BCUT2D eigenvalue weighted by Gasteiger charge is 2.23. The van der Waals surface area contributed by atoms with Crippen molar-refractivity contribution in [2.75, 3.05) is 11.9 Å². The Morgan fingerprint density at radius 3 is 2.34 bits per heavy atom. The van der Waals surface area contributed by atoms with Gasteiger partial charge in [0.25, 0.3) is 0 Å². The van der Waals surface area contributed by atoms with Crippen molar-refractivity contribution in [1.29, 1.82) is 0 Å². The predicted octanol–water partition coefficient (Wildman–Crippen LogP) is 6.03. The van der Waals surface area contributed by atoms with Gasteiger partial charge in [-0.1, -0.05) is 89.1 Å². The normalized spacial score (nSPS) is 11.3. The maximum Gasteiger partial charge on any atom is 0.245 e. The van der Waals surface area contributed by atoms with Crippen LogP contribution in [0.2, 0.25) is 0 Å². The van der Waals surface area contributed by atoms with Crippen LogP contribution in [0, 0.1) is 6.92 Å². The Balaban J connectivity index is 1.83. The number of nitrogens with one attached hydrogen (secondary N) is 1. The third kappa shape index (κ3) is 7.28. The molecule has 3 aromatic rings. The monoisotopic (exact) mass is 474 g/mol. The molecule has 6 nitrogen and oxygen atoms in total. The molecule has 2 aromatic carbocycles. The van der Waals surface area contributed by atoms with Crippen molar-refractivity contribution >= 4 is 17.6 Å². The number of aromatic nitrogens is 2. The molecule has 1 N–H and O–H groups in total. The van der Waals surface area contributed by atoms with Gasteiger partial charge in [-0.2, -0.15) is 5.10 Å². The van der Waals surface area contributed by atoms with Crippen molar-refractivity contribution in [3.63, 3.8) is 0 Å². The molecule has 1 heterocycles. The van der Waals surface area contributed by atoms with E-state index in [0.717, 1.165) is 41.8 Å². The van der Waals surface area contributed by atoms with Crippen molar-refractivity contribution in [1.82, 2.24) is 14.7 Å². The fraction of sp³-hybridized carbons (Fsp3) is 0.414. The number of hydrogen-bond acceptors (Lipinski definition) is 3. The highest BCUT2D eigenvalue weighted by Crippen LogP contribution is 2.27. The summed E-state index contributed by atoms with van der Waals surface area (Å²) in [5, 5.41) is 7.85. The van der Waals surface area contributed by atoms with Crippen LogP contribution in [0.15, 0.2) is 60.7 Å². The van der Waals surface area contributed by atoms with Crippen LogP contribution in [0.3, 0.4) is 0 Å². The van der Waals surface area contributed by atoms with E-state index in [-0.39, 0.29) is 23.8 Å². The first-order valence-corrected chi connectivity index (χ1v) is 12.5. The third-order valence-electron chi connectivity index (χ3n) is 5.99. The van der Waals surface area contributed by atoms with Gasteiger partial charge in [-0.25, -0.2) is 4.68 Å². The van der Waals surface area contributed by atoms with Gasteiger partial charge in [0.2, 0.25) is 11.8 Å². The summed E-state index contributed by atoms with van der Waals surface area (Å²) in [6.45, 7) is 10.8. The van der Waals surface area contributed by atoms with Crippen LogP contribution in [0.5, 0.6) is 0 Å². The zero-order valence-corrected chi connectivity index (χ0v) is 21.7.